The maximum Gasteiger partial charge on any atom is 0.0897 e. The number of nitrogens with zero attached hydrogens (tertiary/aromatic N) is 1. The fraction of sp³-hybridized carbons (Fsp3) is 1.00. The zero-order valence-corrected chi connectivity index (χ0v) is 8.26. The van der Waals surface area contributed by atoms with Crippen molar-refractivity contribution in [2.45, 2.75) is 18.3 Å². The second-order valence-electron chi connectivity index (χ2n) is 3.28. The Hall–Kier alpha value is 0.230. The summed E-state index contributed by atoms with van der Waals surface area (Å²) >= 11 is 1.97. The molecule has 1 aliphatic rings. The molecule has 0 aliphatic carbocycles. The first kappa shape index (κ1) is 10.3. The Morgan fingerprint density at radius 1 is 1.67 bits per heavy atom. The largest absolute Gasteiger partial charge is 0.394 e. The van der Waals surface area contributed by atoms with Gasteiger partial charge in [0.1, 0.15) is 0 Å². The molecular weight excluding hydrogens is 174 g/mol. The minimum atomic E-state index is -0.569. The Balaban J connectivity index is 2.22. The van der Waals surface area contributed by atoms with Crippen LogP contribution in [-0.2, 0) is 0 Å². The fourth-order valence-electron chi connectivity index (χ4n) is 1.41. The lowest BCUT2D eigenvalue weighted by molar-refractivity contribution is 0.0605. The molecule has 0 aromatic heterocycles. The van der Waals surface area contributed by atoms with Gasteiger partial charge in [-0.05, 0) is 0 Å². The van der Waals surface area contributed by atoms with E-state index < -0.39 is 6.10 Å². The molecule has 1 aliphatic heterocycles. The summed E-state index contributed by atoms with van der Waals surface area (Å²) in [4.78, 5) is 2.21. The van der Waals surface area contributed by atoms with Crippen molar-refractivity contribution in [3.8, 4) is 0 Å². The van der Waals surface area contributed by atoms with E-state index in [9.17, 15) is 5.11 Å². The first-order valence-corrected chi connectivity index (χ1v) is 5.40. The minimum Gasteiger partial charge on any atom is -0.394 e. The van der Waals surface area contributed by atoms with Gasteiger partial charge in [-0.25, -0.2) is 0 Å². The average molecular weight is 191 g/mol. The topological polar surface area (TPSA) is 43.7 Å². The lowest BCUT2D eigenvalue weighted by atomic mass is 10.3. The number of rotatable bonds is 3. The highest BCUT2D eigenvalue weighted by Crippen LogP contribution is 2.17. The maximum atomic E-state index is 9.20. The van der Waals surface area contributed by atoms with Crippen molar-refractivity contribution in [2.75, 3.05) is 32.0 Å². The van der Waals surface area contributed by atoms with E-state index in [1.807, 2.05) is 11.8 Å². The van der Waals surface area contributed by atoms with E-state index in [1.165, 1.54) is 0 Å². The summed E-state index contributed by atoms with van der Waals surface area (Å²) in [5.74, 6) is 1.14. The van der Waals surface area contributed by atoms with Gasteiger partial charge in [-0.15, -0.1) is 0 Å². The third-order valence-corrected chi connectivity index (χ3v) is 3.14. The van der Waals surface area contributed by atoms with Crippen LogP contribution >= 0.6 is 11.8 Å². The predicted octanol–water partition coefficient (Wildman–Crippen LogP) is -0.223. The van der Waals surface area contributed by atoms with Crippen molar-refractivity contribution in [2.24, 2.45) is 0 Å². The van der Waals surface area contributed by atoms with Crippen molar-refractivity contribution in [3.63, 3.8) is 0 Å². The number of thioether (sulfide) groups is 1. The molecule has 4 heteroatoms. The molecule has 0 amide bonds. The summed E-state index contributed by atoms with van der Waals surface area (Å²) in [6.45, 7) is 4.75. The quantitative estimate of drug-likeness (QED) is 0.647. The van der Waals surface area contributed by atoms with Crippen LogP contribution in [0.1, 0.15) is 6.92 Å². The molecule has 1 heterocycles. The van der Waals surface area contributed by atoms with Gasteiger partial charge in [-0.3, -0.25) is 4.90 Å². The highest BCUT2D eigenvalue weighted by Gasteiger charge is 2.18. The van der Waals surface area contributed by atoms with Crippen LogP contribution in [0.5, 0.6) is 0 Å². The Morgan fingerprint density at radius 2 is 2.42 bits per heavy atom. The zero-order valence-electron chi connectivity index (χ0n) is 7.44. The third kappa shape index (κ3) is 3.31. The molecule has 1 rings (SSSR count). The van der Waals surface area contributed by atoms with Crippen molar-refractivity contribution in [3.05, 3.63) is 0 Å². The predicted molar refractivity (Wildman–Crippen MR) is 51.5 cm³/mol. The van der Waals surface area contributed by atoms with Gasteiger partial charge in [-0.1, -0.05) is 6.92 Å². The second-order valence-corrected chi connectivity index (χ2v) is 4.82. The van der Waals surface area contributed by atoms with E-state index in [2.05, 4.69) is 11.8 Å². The van der Waals surface area contributed by atoms with E-state index >= 15 is 0 Å². The molecule has 12 heavy (non-hydrogen) atoms. The highest BCUT2D eigenvalue weighted by atomic mass is 32.2. The Labute approximate surface area is 77.8 Å². The van der Waals surface area contributed by atoms with Gasteiger partial charge in [0.05, 0.1) is 12.7 Å². The van der Waals surface area contributed by atoms with Gasteiger partial charge in [-0.2, -0.15) is 11.8 Å². The standard InChI is InChI=1S/C8H17NO2S/c1-7-4-9(2-3-12-7)5-8(11)6-10/h7-8,10-11H,2-6H2,1H3. The average Bonchev–Trinajstić information content (AvgIpc) is 2.04. The summed E-state index contributed by atoms with van der Waals surface area (Å²) in [7, 11) is 0. The van der Waals surface area contributed by atoms with Gasteiger partial charge < -0.3 is 10.2 Å². The smallest absolute Gasteiger partial charge is 0.0897 e. The summed E-state index contributed by atoms with van der Waals surface area (Å²) < 4.78 is 0. The molecule has 0 saturated carbocycles. The minimum absolute atomic E-state index is 0.127. The number of hydrogen-bond acceptors (Lipinski definition) is 4. The first-order chi connectivity index (χ1) is 5.72. The van der Waals surface area contributed by atoms with E-state index in [1.54, 1.807) is 0 Å². The summed E-state index contributed by atoms with van der Waals surface area (Å²) in [6.07, 6.45) is -0.569. The normalized spacial score (nSPS) is 28.8. The van der Waals surface area contributed by atoms with Crippen LogP contribution in [0.25, 0.3) is 0 Å². The van der Waals surface area contributed by atoms with Crippen molar-refractivity contribution in [1.29, 1.82) is 0 Å². The van der Waals surface area contributed by atoms with Crippen molar-refractivity contribution in [1.82, 2.24) is 4.90 Å². The molecule has 0 aromatic rings. The monoisotopic (exact) mass is 191 g/mol. The van der Waals surface area contributed by atoms with Gasteiger partial charge in [0.25, 0.3) is 0 Å². The lowest BCUT2D eigenvalue weighted by Gasteiger charge is -2.31. The molecule has 72 valence electrons. The van der Waals surface area contributed by atoms with E-state index in [0.29, 0.717) is 11.8 Å². The molecule has 3 nitrogen and oxygen atoms in total. The van der Waals surface area contributed by atoms with E-state index in [4.69, 9.17) is 5.11 Å². The molecule has 1 saturated heterocycles. The number of aliphatic hydroxyl groups is 2. The van der Waals surface area contributed by atoms with Gasteiger partial charge in [0, 0.05) is 30.6 Å². The van der Waals surface area contributed by atoms with Crippen LogP contribution in [0.3, 0.4) is 0 Å². The van der Waals surface area contributed by atoms with Crippen LogP contribution in [-0.4, -0.2) is 58.5 Å². The molecule has 1 fully saturated rings. The third-order valence-electron chi connectivity index (χ3n) is 2.00. The number of aliphatic hydroxyl groups excluding tert-OH is 2. The number of hydrogen-bond donors (Lipinski definition) is 2. The molecular formula is C8H17NO2S. The Kier molecular flexibility index (Phi) is 4.35. The van der Waals surface area contributed by atoms with E-state index in [0.717, 1.165) is 18.8 Å². The Bertz CT molecular complexity index is 134. The molecule has 0 aromatic carbocycles. The molecule has 0 bridgehead atoms. The van der Waals surface area contributed by atoms with Crippen LogP contribution in [0.15, 0.2) is 0 Å². The number of β-amino-alcohol motifs (C(OH)–C–C–N with tert-alkyl or cyclic N) is 1. The fourth-order valence-corrected chi connectivity index (χ4v) is 2.49. The SMILES string of the molecule is CC1CN(CC(O)CO)CCS1. The summed E-state index contributed by atoms with van der Waals surface area (Å²) in [6, 6.07) is 0. The molecule has 0 spiro atoms. The molecule has 2 unspecified atom stereocenters. The zero-order chi connectivity index (χ0) is 8.97. The first-order valence-electron chi connectivity index (χ1n) is 4.35. The van der Waals surface area contributed by atoms with Crippen molar-refractivity contribution >= 4 is 11.8 Å². The van der Waals surface area contributed by atoms with Crippen molar-refractivity contribution < 1.29 is 10.2 Å². The van der Waals surface area contributed by atoms with Gasteiger partial charge >= 0.3 is 0 Å². The summed E-state index contributed by atoms with van der Waals surface area (Å²) in [5.41, 5.74) is 0. The van der Waals surface area contributed by atoms with Crippen LogP contribution in [0.2, 0.25) is 0 Å². The molecule has 2 atom stereocenters. The van der Waals surface area contributed by atoms with E-state index in [-0.39, 0.29) is 6.61 Å². The van der Waals surface area contributed by atoms with Crippen LogP contribution < -0.4 is 0 Å². The van der Waals surface area contributed by atoms with Gasteiger partial charge in [0.15, 0.2) is 0 Å². The van der Waals surface area contributed by atoms with Gasteiger partial charge in [0.2, 0.25) is 0 Å². The highest BCUT2D eigenvalue weighted by molar-refractivity contribution is 7.99. The van der Waals surface area contributed by atoms with Crippen LogP contribution in [0, 0.1) is 0 Å². The Morgan fingerprint density at radius 3 is 3.00 bits per heavy atom. The summed E-state index contributed by atoms with van der Waals surface area (Å²) in [5, 5.41) is 18.5. The molecule has 2 N–H and O–H groups in total. The molecule has 0 radical (unpaired) electrons. The maximum absolute atomic E-state index is 9.20. The van der Waals surface area contributed by atoms with Crippen LogP contribution in [0.4, 0.5) is 0 Å². The second kappa shape index (κ2) is 5.07. The lowest BCUT2D eigenvalue weighted by Crippen LogP contribution is -2.42.